The van der Waals surface area contributed by atoms with Crippen molar-refractivity contribution in [3.05, 3.63) is 64.8 Å². The third kappa shape index (κ3) is 3.90. The lowest BCUT2D eigenvalue weighted by atomic mass is 10.0. The van der Waals surface area contributed by atoms with Gasteiger partial charge in [-0.05, 0) is 50.1 Å². The number of anilines is 1. The van der Waals surface area contributed by atoms with Crippen LogP contribution in [0.2, 0.25) is 0 Å². The zero-order valence-electron chi connectivity index (χ0n) is 15.3. The molecule has 0 saturated carbocycles. The summed E-state index contributed by atoms with van der Waals surface area (Å²) >= 11 is 0. The minimum Gasteiger partial charge on any atom is -0.442 e. The van der Waals surface area contributed by atoms with Gasteiger partial charge >= 0.3 is 6.09 Å². The van der Waals surface area contributed by atoms with Crippen molar-refractivity contribution >= 4 is 28.5 Å². The third-order valence-electron chi connectivity index (χ3n) is 3.90. The summed E-state index contributed by atoms with van der Waals surface area (Å²) in [6, 6.07) is 9.68. The molecule has 3 rings (SSSR count). The van der Waals surface area contributed by atoms with E-state index in [0.717, 1.165) is 10.2 Å². The Morgan fingerprint density at radius 3 is 2.67 bits per heavy atom. The Kier molecular flexibility index (Phi) is 4.58. The number of hydrogen-bond donors (Lipinski definition) is 1. The number of hydrogen-bond acceptors (Lipinski definition) is 4. The molecule has 0 fully saturated rings. The van der Waals surface area contributed by atoms with Gasteiger partial charge in [-0.25, -0.2) is 14.0 Å². The standard InChI is InChI=1S/C20H19FN4O2/c1-20(2,3)27-19(26)25-17-10-12(5-8-15(17)18(22)24-25)9-13-6-7-14(23-4)11-16(13)21/h5-8,10-11H,9H2,1-3H3,(H2,22,24). The lowest BCUT2D eigenvalue weighted by Crippen LogP contribution is -2.27. The molecule has 0 atom stereocenters. The lowest BCUT2D eigenvalue weighted by Gasteiger charge is -2.19. The first kappa shape index (κ1) is 18.4. The van der Waals surface area contributed by atoms with Crippen molar-refractivity contribution in [1.29, 1.82) is 0 Å². The highest BCUT2D eigenvalue weighted by Crippen LogP contribution is 2.25. The molecule has 2 aromatic carbocycles. The third-order valence-corrected chi connectivity index (χ3v) is 3.90. The molecule has 0 unspecified atom stereocenters. The number of benzene rings is 2. The molecule has 0 aliphatic rings. The molecule has 6 nitrogen and oxygen atoms in total. The molecule has 7 heteroatoms. The summed E-state index contributed by atoms with van der Waals surface area (Å²) < 4.78 is 20.7. The van der Waals surface area contributed by atoms with Gasteiger partial charge in [0.1, 0.15) is 11.4 Å². The van der Waals surface area contributed by atoms with Crippen LogP contribution in [0.25, 0.3) is 15.7 Å². The van der Waals surface area contributed by atoms with Crippen LogP contribution in [0.1, 0.15) is 31.9 Å². The van der Waals surface area contributed by atoms with Crippen molar-refractivity contribution in [3.8, 4) is 0 Å². The number of nitrogens with zero attached hydrogens (tertiary/aromatic N) is 3. The Morgan fingerprint density at radius 1 is 1.30 bits per heavy atom. The fourth-order valence-corrected chi connectivity index (χ4v) is 2.71. The number of nitrogen functional groups attached to an aromatic ring is 1. The normalized spacial score (nSPS) is 11.4. The SMILES string of the molecule is [C-]#[N+]c1ccc(Cc2ccc3c(N)nn(C(=O)OC(C)(C)C)c3c2)c(F)c1. The van der Waals surface area contributed by atoms with Crippen molar-refractivity contribution in [2.75, 3.05) is 5.73 Å². The molecule has 1 heterocycles. The summed E-state index contributed by atoms with van der Waals surface area (Å²) in [5.41, 5.74) is 7.22. The van der Waals surface area contributed by atoms with E-state index in [-0.39, 0.29) is 11.5 Å². The molecule has 0 spiro atoms. The van der Waals surface area contributed by atoms with Crippen LogP contribution in [0.5, 0.6) is 0 Å². The van der Waals surface area contributed by atoms with Crippen LogP contribution in [0.3, 0.4) is 0 Å². The molecule has 0 aliphatic carbocycles. The number of aromatic nitrogens is 2. The average molecular weight is 366 g/mol. The van der Waals surface area contributed by atoms with E-state index in [2.05, 4.69) is 9.94 Å². The zero-order chi connectivity index (χ0) is 19.8. The van der Waals surface area contributed by atoms with Gasteiger partial charge in [0.25, 0.3) is 0 Å². The second-order valence-corrected chi connectivity index (χ2v) is 7.19. The molecule has 0 aliphatic heterocycles. The van der Waals surface area contributed by atoms with E-state index >= 15 is 0 Å². The van der Waals surface area contributed by atoms with Crippen molar-refractivity contribution in [2.24, 2.45) is 0 Å². The fraction of sp³-hybridized carbons (Fsp3) is 0.250. The van der Waals surface area contributed by atoms with Crippen molar-refractivity contribution < 1.29 is 13.9 Å². The predicted octanol–water partition coefficient (Wildman–Crippen LogP) is 4.68. The van der Waals surface area contributed by atoms with Crippen LogP contribution >= 0.6 is 0 Å². The quantitative estimate of drug-likeness (QED) is 0.668. The van der Waals surface area contributed by atoms with Gasteiger partial charge < -0.3 is 10.5 Å². The average Bonchev–Trinajstić information content (AvgIpc) is 2.92. The second-order valence-electron chi connectivity index (χ2n) is 7.19. The smallest absolute Gasteiger partial charge is 0.435 e. The maximum atomic E-state index is 14.2. The Morgan fingerprint density at radius 2 is 2.04 bits per heavy atom. The van der Waals surface area contributed by atoms with Crippen LogP contribution in [-0.4, -0.2) is 21.5 Å². The first-order valence-corrected chi connectivity index (χ1v) is 8.34. The molecule has 27 heavy (non-hydrogen) atoms. The summed E-state index contributed by atoms with van der Waals surface area (Å²) in [6.45, 7) is 12.2. The number of nitrogens with two attached hydrogens (primary N) is 1. The Bertz CT molecular complexity index is 1070. The van der Waals surface area contributed by atoms with Crippen LogP contribution < -0.4 is 5.73 Å². The number of fused-ring (bicyclic) bond motifs is 1. The minimum atomic E-state index is -0.671. The van der Waals surface area contributed by atoms with Gasteiger partial charge in [-0.2, -0.15) is 4.68 Å². The molecular weight excluding hydrogens is 347 g/mol. The van der Waals surface area contributed by atoms with Gasteiger partial charge in [0.15, 0.2) is 11.5 Å². The maximum absolute atomic E-state index is 14.2. The first-order chi connectivity index (χ1) is 12.7. The van der Waals surface area contributed by atoms with Crippen molar-refractivity contribution in [3.63, 3.8) is 0 Å². The highest BCUT2D eigenvalue weighted by molar-refractivity contribution is 5.95. The van der Waals surface area contributed by atoms with Gasteiger partial charge in [-0.15, -0.1) is 5.10 Å². The molecule has 0 saturated heterocycles. The summed E-state index contributed by atoms with van der Waals surface area (Å²) in [4.78, 5) is 15.6. The Labute approximate surface area is 156 Å². The van der Waals surface area contributed by atoms with Gasteiger partial charge in [0.2, 0.25) is 0 Å². The predicted molar refractivity (Wildman–Crippen MR) is 101 cm³/mol. The first-order valence-electron chi connectivity index (χ1n) is 8.34. The summed E-state index contributed by atoms with van der Waals surface area (Å²) in [6.07, 6.45) is -0.326. The van der Waals surface area contributed by atoms with Gasteiger partial charge in [0.05, 0.1) is 12.1 Å². The zero-order valence-corrected chi connectivity index (χ0v) is 15.3. The van der Waals surface area contributed by atoms with Crippen LogP contribution in [-0.2, 0) is 11.2 Å². The van der Waals surface area contributed by atoms with E-state index < -0.39 is 17.5 Å². The monoisotopic (exact) mass is 366 g/mol. The highest BCUT2D eigenvalue weighted by Gasteiger charge is 2.21. The van der Waals surface area contributed by atoms with Crippen LogP contribution in [0.4, 0.5) is 20.7 Å². The maximum Gasteiger partial charge on any atom is 0.435 e. The number of carbonyl (C=O) groups is 1. The van der Waals surface area contributed by atoms with E-state index in [1.165, 1.54) is 6.07 Å². The summed E-state index contributed by atoms with van der Waals surface area (Å²) in [5, 5.41) is 4.69. The van der Waals surface area contributed by atoms with E-state index in [0.29, 0.717) is 22.9 Å². The molecule has 0 bridgehead atoms. The molecule has 3 aromatic rings. The van der Waals surface area contributed by atoms with E-state index in [1.54, 1.807) is 45.0 Å². The fourth-order valence-electron chi connectivity index (χ4n) is 2.71. The molecule has 0 radical (unpaired) electrons. The number of halogens is 1. The van der Waals surface area contributed by atoms with Gasteiger partial charge in [-0.1, -0.05) is 18.2 Å². The Balaban J connectivity index is 1.98. The van der Waals surface area contributed by atoms with Crippen molar-refractivity contribution in [1.82, 2.24) is 9.78 Å². The lowest BCUT2D eigenvalue weighted by molar-refractivity contribution is 0.0523. The van der Waals surface area contributed by atoms with Gasteiger partial charge in [-0.3, -0.25) is 0 Å². The summed E-state index contributed by atoms with van der Waals surface area (Å²) in [7, 11) is 0. The molecular formula is C20H19FN4O2. The Hall–Kier alpha value is -3.40. The minimum absolute atomic E-state index is 0.218. The van der Waals surface area contributed by atoms with E-state index in [9.17, 15) is 9.18 Å². The van der Waals surface area contributed by atoms with Gasteiger partial charge in [0, 0.05) is 11.8 Å². The van der Waals surface area contributed by atoms with Crippen molar-refractivity contribution in [2.45, 2.75) is 32.8 Å². The van der Waals surface area contributed by atoms with E-state index in [4.69, 9.17) is 17.0 Å². The van der Waals surface area contributed by atoms with Crippen LogP contribution in [0.15, 0.2) is 36.4 Å². The topological polar surface area (TPSA) is 74.5 Å². The molecule has 2 N–H and O–H groups in total. The number of carbonyl (C=O) groups excluding carboxylic acids is 1. The number of rotatable bonds is 2. The highest BCUT2D eigenvalue weighted by atomic mass is 19.1. The van der Waals surface area contributed by atoms with E-state index in [1.807, 2.05) is 6.07 Å². The summed E-state index contributed by atoms with van der Waals surface area (Å²) in [5.74, 6) is -0.223. The second kappa shape index (κ2) is 6.72. The largest absolute Gasteiger partial charge is 0.442 e. The molecule has 0 amide bonds. The number of ether oxygens (including phenoxy) is 1. The molecule has 1 aromatic heterocycles. The van der Waals surface area contributed by atoms with Crippen LogP contribution in [0, 0.1) is 12.4 Å². The molecule has 138 valence electrons.